The van der Waals surface area contributed by atoms with E-state index in [1.54, 1.807) is 41.3 Å². The molecule has 0 unspecified atom stereocenters. The molecule has 204 valence electrons. The highest BCUT2D eigenvalue weighted by Crippen LogP contribution is 2.43. The third-order valence-electron chi connectivity index (χ3n) is 7.50. The molecule has 3 aromatic carbocycles. The van der Waals surface area contributed by atoms with Crippen LogP contribution in [0.1, 0.15) is 34.3 Å². The molecule has 11 heteroatoms. The van der Waals surface area contributed by atoms with E-state index in [2.05, 4.69) is 20.8 Å². The second-order valence-corrected chi connectivity index (χ2v) is 10.6. The Morgan fingerprint density at radius 2 is 1.98 bits per heavy atom. The van der Waals surface area contributed by atoms with Gasteiger partial charge in [0.05, 0.1) is 17.7 Å². The van der Waals surface area contributed by atoms with Gasteiger partial charge in [-0.05, 0) is 54.8 Å². The summed E-state index contributed by atoms with van der Waals surface area (Å²) in [6, 6.07) is 18.9. The van der Waals surface area contributed by atoms with E-state index in [9.17, 15) is 14.4 Å². The van der Waals surface area contributed by atoms with Crippen molar-refractivity contribution < 1.29 is 19.1 Å². The molecule has 5 N–H and O–H groups in total. The molecule has 2 atom stereocenters. The third kappa shape index (κ3) is 4.82. The van der Waals surface area contributed by atoms with E-state index in [1.165, 1.54) is 0 Å². The van der Waals surface area contributed by atoms with Crippen LogP contribution in [0.2, 0.25) is 5.02 Å². The Bertz CT molecular complexity index is 1620. The van der Waals surface area contributed by atoms with Gasteiger partial charge in [0, 0.05) is 34.5 Å². The number of aromatic amines is 1. The van der Waals surface area contributed by atoms with Crippen LogP contribution in [-0.2, 0) is 21.6 Å². The summed E-state index contributed by atoms with van der Waals surface area (Å²) in [5.41, 5.74) is 8.05. The SMILES string of the molecule is Nc1n[nH]c2cc(C(=O)N[C@@H](Cc3ccccc3)C(=O)N3CCC[C@@]4(C3)OC(=O)Nc3ccc(Cl)cc34)ccc12. The number of H-pyrrole nitrogens is 1. The molecule has 0 radical (unpaired) electrons. The molecule has 3 amide bonds. The van der Waals surface area contributed by atoms with E-state index >= 15 is 0 Å². The standard InChI is InChI=1S/C29H27ClN6O4/c30-19-8-10-22-21(15-19)29(40-28(39)33-22)11-4-12-36(16-29)27(38)24(13-17-5-2-1-3-6-17)32-26(37)18-7-9-20-23(14-18)34-35-25(20)31/h1-3,5-10,14-15,24H,4,11-13,16H2,(H,32,37)(H,33,39)(H3,31,34,35)/t24-,29-/m0/s1. The highest BCUT2D eigenvalue weighted by Gasteiger charge is 2.47. The lowest BCUT2D eigenvalue weighted by molar-refractivity contribution is -0.141. The van der Waals surface area contributed by atoms with Crippen LogP contribution >= 0.6 is 11.6 Å². The summed E-state index contributed by atoms with van der Waals surface area (Å²) in [5.74, 6) is -0.317. The van der Waals surface area contributed by atoms with Gasteiger partial charge >= 0.3 is 6.09 Å². The van der Waals surface area contributed by atoms with E-state index in [4.69, 9.17) is 22.1 Å². The van der Waals surface area contributed by atoms with E-state index in [0.29, 0.717) is 52.4 Å². The molecule has 10 nitrogen and oxygen atoms in total. The molecule has 4 aromatic rings. The van der Waals surface area contributed by atoms with E-state index < -0.39 is 23.6 Å². The number of carbonyl (C=O) groups is 3. The number of aromatic nitrogens is 2. The van der Waals surface area contributed by atoms with Crippen LogP contribution in [0, 0.1) is 0 Å². The summed E-state index contributed by atoms with van der Waals surface area (Å²) in [5, 5.41) is 13.7. The fourth-order valence-corrected chi connectivity index (χ4v) is 5.75. The molecule has 6 rings (SSSR count). The smallest absolute Gasteiger partial charge is 0.412 e. The Kier molecular flexibility index (Phi) is 6.55. The number of carbonyl (C=O) groups excluding carboxylic acids is 3. The Balaban J connectivity index is 1.29. The van der Waals surface area contributed by atoms with Gasteiger partial charge in [-0.15, -0.1) is 0 Å². The minimum Gasteiger partial charge on any atom is -0.436 e. The number of hydrogen-bond donors (Lipinski definition) is 4. The van der Waals surface area contributed by atoms with Crippen molar-refractivity contribution in [1.29, 1.82) is 0 Å². The first-order valence-electron chi connectivity index (χ1n) is 13.0. The van der Waals surface area contributed by atoms with Crippen LogP contribution in [0.3, 0.4) is 0 Å². The summed E-state index contributed by atoms with van der Waals surface area (Å²) in [6.45, 7) is 0.606. The Hall–Kier alpha value is -4.57. The van der Waals surface area contributed by atoms with Crippen molar-refractivity contribution in [2.24, 2.45) is 0 Å². The van der Waals surface area contributed by atoms with E-state index in [-0.39, 0.29) is 18.9 Å². The second kappa shape index (κ2) is 10.2. The number of hydrogen-bond acceptors (Lipinski definition) is 6. The monoisotopic (exact) mass is 558 g/mol. The highest BCUT2D eigenvalue weighted by atomic mass is 35.5. The van der Waals surface area contributed by atoms with Gasteiger partial charge < -0.3 is 20.7 Å². The van der Waals surface area contributed by atoms with Gasteiger partial charge in [-0.3, -0.25) is 20.0 Å². The van der Waals surface area contributed by atoms with Crippen molar-refractivity contribution in [1.82, 2.24) is 20.4 Å². The predicted molar refractivity (Wildman–Crippen MR) is 151 cm³/mol. The maximum Gasteiger partial charge on any atom is 0.412 e. The number of anilines is 2. The highest BCUT2D eigenvalue weighted by molar-refractivity contribution is 6.30. The summed E-state index contributed by atoms with van der Waals surface area (Å²) in [6.07, 6.45) is 0.862. The van der Waals surface area contributed by atoms with Crippen molar-refractivity contribution in [3.05, 3.63) is 88.4 Å². The lowest BCUT2D eigenvalue weighted by atomic mass is 9.83. The minimum atomic E-state index is -1.04. The molecule has 1 saturated heterocycles. The fraction of sp³-hybridized carbons (Fsp3) is 0.241. The van der Waals surface area contributed by atoms with Crippen molar-refractivity contribution >= 4 is 51.9 Å². The van der Waals surface area contributed by atoms with Crippen LogP contribution in [0.4, 0.5) is 16.3 Å². The maximum absolute atomic E-state index is 14.1. The van der Waals surface area contributed by atoms with Gasteiger partial charge in [0.1, 0.15) is 6.04 Å². The maximum atomic E-state index is 14.1. The van der Waals surface area contributed by atoms with E-state index in [0.717, 1.165) is 11.1 Å². The number of amides is 3. The van der Waals surface area contributed by atoms with Gasteiger partial charge in [-0.1, -0.05) is 41.9 Å². The Labute approximate surface area is 234 Å². The zero-order chi connectivity index (χ0) is 27.9. The number of nitrogen functional groups attached to an aromatic ring is 1. The Morgan fingerprint density at radius 1 is 1.15 bits per heavy atom. The minimum absolute atomic E-state index is 0.146. The number of rotatable bonds is 5. The van der Waals surface area contributed by atoms with Crippen molar-refractivity contribution in [3.8, 4) is 0 Å². The van der Waals surface area contributed by atoms with Crippen LogP contribution in [-0.4, -0.2) is 52.1 Å². The fourth-order valence-electron chi connectivity index (χ4n) is 5.58. The first-order chi connectivity index (χ1) is 19.3. The molecule has 1 fully saturated rings. The van der Waals surface area contributed by atoms with Crippen LogP contribution in [0.15, 0.2) is 66.7 Å². The zero-order valence-corrected chi connectivity index (χ0v) is 22.2. The molecule has 2 aliphatic heterocycles. The Morgan fingerprint density at radius 3 is 2.80 bits per heavy atom. The van der Waals surface area contributed by atoms with Crippen molar-refractivity contribution in [2.75, 3.05) is 24.1 Å². The number of fused-ring (bicyclic) bond motifs is 3. The molecule has 0 saturated carbocycles. The van der Waals surface area contributed by atoms with Gasteiger partial charge in [-0.2, -0.15) is 5.10 Å². The predicted octanol–water partition coefficient (Wildman–Crippen LogP) is 4.22. The van der Waals surface area contributed by atoms with Crippen LogP contribution < -0.4 is 16.4 Å². The quantitative estimate of drug-likeness (QED) is 0.289. The number of nitrogens with two attached hydrogens (primary N) is 1. The second-order valence-electron chi connectivity index (χ2n) is 10.1. The molecule has 40 heavy (non-hydrogen) atoms. The summed E-state index contributed by atoms with van der Waals surface area (Å²) >= 11 is 6.30. The third-order valence-corrected chi connectivity index (χ3v) is 7.74. The van der Waals surface area contributed by atoms with Gasteiger partial charge in [-0.25, -0.2) is 4.79 Å². The van der Waals surface area contributed by atoms with Gasteiger partial charge in [0.2, 0.25) is 5.91 Å². The molecular weight excluding hydrogens is 532 g/mol. The number of nitrogens with one attached hydrogen (secondary N) is 3. The molecule has 2 aliphatic rings. The lowest BCUT2D eigenvalue weighted by Gasteiger charge is -2.45. The average molecular weight is 559 g/mol. The summed E-state index contributed by atoms with van der Waals surface area (Å²) in [7, 11) is 0. The normalized spacial score (nSPS) is 19.0. The first kappa shape index (κ1) is 25.7. The van der Waals surface area contributed by atoms with Gasteiger partial charge in [0.15, 0.2) is 11.4 Å². The van der Waals surface area contributed by atoms with Crippen molar-refractivity contribution in [3.63, 3.8) is 0 Å². The van der Waals surface area contributed by atoms with Gasteiger partial charge in [0.25, 0.3) is 5.91 Å². The number of likely N-dealkylation sites (tertiary alicyclic amines) is 1. The zero-order valence-electron chi connectivity index (χ0n) is 21.4. The molecule has 1 spiro atoms. The molecule has 0 aliphatic carbocycles. The molecule has 3 heterocycles. The lowest BCUT2D eigenvalue weighted by Crippen LogP contribution is -2.57. The summed E-state index contributed by atoms with van der Waals surface area (Å²) < 4.78 is 5.86. The molecule has 0 bridgehead atoms. The number of ether oxygens (including phenoxy) is 1. The number of nitrogens with zero attached hydrogens (tertiary/aromatic N) is 2. The number of halogens is 1. The average Bonchev–Trinajstić information content (AvgIpc) is 3.33. The molecular formula is C29H27ClN6O4. The topological polar surface area (TPSA) is 142 Å². The first-order valence-corrected chi connectivity index (χ1v) is 13.4. The van der Waals surface area contributed by atoms with Crippen molar-refractivity contribution in [2.45, 2.75) is 30.9 Å². The summed E-state index contributed by atoms with van der Waals surface area (Å²) in [4.78, 5) is 41.6. The van der Waals surface area contributed by atoms with E-state index in [1.807, 2.05) is 30.3 Å². The van der Waals surface area contributed by atoms with Crippen LogP contribution in [0.5, 0.6) is 0 Å². The largest absolute Gasteiger partial charge is 0.436 e. The van der Waals surface area contributed by atoms with Crippen LogP contribution in [0.25, 0.3) is 10.9 Å². The number of piperidine rings is 1. The number of benzene rings is 3. The molecule has 1 aromatic heterocycles.